The lowest BCUT2D eigenvalue weighted by molar-refractivity contribution is -0.114. The number of anilines is 1. The summed E-state index contributed by atoms with van der Waals surface area (Å²) in [4.78, 5) is 28.8. The van der Waals surface area contributed by atoms with Crippen molar-refractivity contribution in [1.82, 2.24) is 10.2 Å². The molecule has 0 saturated carbocycles. The lowest BCUT2D eigenvalue weighted by Crippen LogP contribution is -2.44. The molecule has 2 aliphatic heterocycles. The van der Waals surface area contributed by atoms with Gasteiger partial charge in [0, 0.05) is 19.6 Å². The van der Waals surface area contributed by atoms with Gasteiger partial charge in [-0.05, 0) is 31.2 Å². The van der Waals surface area contributed by atoms with Gasteiger partial charge >= 0.3 is 0 Å². The van der Waals surface area contributed by atoms with Gasteiger partial charge in [-0.1, -0.05) is 18.7 Å². The minimum atomic E-state index is -0.195. The number of nitrogens with zero attached hydrogens (tertiary/aromatic N) is 2. The Kier molecular flexibility index (Phi) is 5.27. The second kappa shape index (κ2) is 7.59. The molecule has 0 aromatic heterocycles. The van der Waals surface area contributed by atoms with E-state index in [1.807, 2.05) is 6.07 Å². The highest BCUT2D eigenvalue weighted by Gasteiger charge is 2.30. The van der Waals surface area contributed by atoms with E-state index >= 15 is 0 Å². The van der Waals surface area contributed by atoms with Crippen LogP contribution in [0, 0.1) is 6.07 Å². The highest BCUT2D eigenvalue weighted by molar-refractivity contribution is 6.08. The fourth-order valence-corrected chi connectivity index (χ4v) is 3.18. The molecule has 127 valence electrons. The highest BCUT2D eigenvalue weighted by Crippen LogP contribution is 2.26. The predicted molar refractivity (Wildman–Crippen MR) is 91.0 cm³/mol. The largest absolute Gasteiger partial charge is 0.378 e. The molecular formula is C18H22N3O3. The summed E-state index contributed by atoms with van der Waals surface area (Å²) < 4.78 is 5.31. The van der Waals surface area contributed by atoms with Crippen molar-refractivity contribution >= 4 is 17.5 Å². The Bertz CT molecular complexity index is 620. The summed E-state index contributed by atoms with van der Waals surface area (Å²) in [6.07, 6.45) is 2.15. The molecule has 1 radical (unpaired) electrons. The van der Waals surface area contributed by atoms with Gasteiger partial charge < -0.3 is 19.9 Å². The summed E-state index contributed by atoms with van der Waals surface area (Å²) >= 11 is 0. The van der Waals surface area contributed by atoms with Crippen LogP contribution in [0.1, 0.15) is 16.8 Å². The molecule has 0 spiro atoms. The Morgan fingerprint density at radius 2 is 2.21 bits per heavy atom. The standard InChI is InChI=1S/C18H22N3O3/c1-2-17(22)21(14-7-8-19-13-14)16-6-4-3-5-15(16)18(23)20-9-11-24-12-10-20/h2-4,6,14,19H,1,7-13H2. The molecule has 2 fully saturated rings. The van der Waals surface area contributed by atoms with Crippen LogP contribution in [-0.4, -0.2) is 62.1 Å². The van der Waals surface area contributed by atoms with Crippen molar-refractivity contribution in [1.29, 1.82) is 0 Å². The van der Waals surface area contributed by atoms with Gasteiger partial charge in [0.1, 0.15) is 0 Å². The van der Waals surface area contributed by atoms with E-state index in [9.17, 15) is 9.59 Å². The molecule has 24 heavy (non-hydrogen) atoms. The number of hydrogen-bond acceptors (Lipinski definition) is 4. The number of rotatable bonds is 4. The van der Waals surface area contributed by atoms with Gasteiger partial charge in [0.25, 0.3) is 11.8 Å². The Balaban J connectivity index is 1.94. The Morgan fingerprint density at radius 3 is 2.88 bits per heavy atom. The number of amides is 2. The van der Waals surface area contributed by atoms with Crippen LogP contribution in [0.3, 0.4) is 0 Å². The van der Waals surface area contributed by atoms with Gasteiger partial charge in [-0.15, -0.1) is 0 Å². The first-order valence-electron chi connectivity index (χ1n) is 8.26. The van der Waals surface area contributed by atoms with Crippen molar-refractivity contribution < 1.29 is 14.3 Å². The van der Waals surface area contributed by atoms with Crippen LogP contribution >= 0.6 is 0 Å². The van der Waals surface area contributed by atoms with E-state index in [-0.39, 0.29) is 17.9 Å². The van der Waals surface area contributed by atoms with Crippen molar-refractivity contribution in [3.05, 3.63) is 42.5 Å². The first kappa shape index (κ1) is 16.7. The zero-order chi connectivity index (χ0) is 16.9. The molecule has 3 rings (SSSR count). The van der Waals surface area contributed by atoms with Gasteiger partial charge in [-0.2, -0.15) is 0 Å². The van der Waals surface area contributed by atoms with Gasteiger partial charge in [-0.3, -0.25) is 9.59 Å². The third kappa shape index (κ3) is 3.34. The SMILES string of the molecule is C=CC(=O)N(c1ccc[c]c1C(=O)N1CCOCC1)C1CCNC1. The molecule has 6 heteroatoms. The lowest BCUT2D eigenvalue weighted by atomic mass is 10.1. The molecule has 1 aromatic carbocycles. The molecule has 1 atom stereocenters. The van der Waals surface area contributed by atoms with Crippen LogP contribution in [-0.2, 0) is 9.53 Å². The van der Waals surface area contributed by atoms with Gasteiger partial charge in [0.15, 0.2) is 0 Å². The molecule has 2 amide bonds. The minimum Gasteiger partial charge on any atom is -0.378 e. The van der Waals surface area contributed by atoms with Crippen LogP contribution in [0.5, 0.6) is 0 Å². The third-order valence-electron chi connectivity index (χ3n) is 4.42. The zero-order valence-corrected chi connectivity index (χ0v) is 13.7. The second-order valence-electron chi connectivity index (χ2n) is 5.89. The average Bonchev–Trinajstić information content (AvgIpc) is 3.16. The Morgan fingerprint density at radius 1 is 1.42 bits per heavy atom. The molecule has 0 bridgehead atoms. The quantitative estimate of drug-likeness (QED) is 0.832. The van der Waals surface area contributed by atoms with Crippen molar-refractivity contribution in [3.63, 3.8) is 0 Å². The third-order valence-corrected chi connectivity index (χ3v) is 4.42. The van der Waals surface area contributed by atoms with Crippen molar-refractivity contribution in [3.8, 4) is 0 Å². The van der Waals surface area contributed by atoms with Crippen molar-refractivity contribution in [2.75, 3.05) is 44.3 Å². The topological polar surface area (TPSA) is 61.9 Å². The number of benzene rings is 1. The Hall–Kier alpha value is -2.18. The number of nitrogens with one attached hydrogen (secondary N) is 1. The highest BCUT2D eigenvalue weighted by atomic mass is 16.5. The summed E-state index contributed by atoms with van der Waals surface area (Å²) in [5.74, 6) is -0.305. The van der Waals surface area contributed by atoms with E-state index in [1.54, 1.807) is 21.9 Å². The van der Waals surface area contributed by atoms with Gasteiger partial charge in [0.2, 0.25) is 0 Å². The first-order valence-corrected chi connectivity index (χ1v) is 8.26. The molecule has 2 saturated heterocycles. The maximum Gasteiger partial charge on any atom is 0.256 e. The fraction of sp³-hybridized carbons (Fsp3) is 0.444. The van der Waals surface area contributed by atoms with Crippen LogP contribution in [0.25, 0.3) is 0 Å². The second-order valence-corrected chi connectivity index (χ2v) is 5.89. The van der Waals surface area contributed by atoms with E-state index in [1.165, 1.54) is 6.08 Å². The summed E-state index contributed by atoms with van der Waals surface area (Å²) in [6.45, 7) is 7.36. The lowest BCUT2D eigenvalue weighted by Gasteiger charge is -2.32. The number of carbonyl (C=O) groups is 2. The molecule has 2 aliphatic rings. The van der Waals surface area contributed by atoms with Crippen LogP contribution in [0.2, 0.25) is 0 Å². The van der Waals surface area contributed by atoms with Crippen LogP contribution in [0.4, 0.5) is 5.69 Å². The summed E-state index contributed by atoms with van der Waals surface area (Å²) in [5, 5.41) is 3.26. The smallest absolute Gasteiger partial charge is 0.256 e. The number of morpholine rings is 1. The average molecular weight is 328 g/mol. The van der Waals surface area contributed by atoms with E-state index in [4.69, 9.17) is 4.74 Å². The molecule has 2 heterocycles. The summed E-state index contributed by atoms with van der Waals surface area (Å²) in [6, 6.07) is 8.37. The van der Waals surface area contributed by atoms with E-state index in [0.717, 1.165) is 13.0 Å². The summed E-state index contributed by atoms with van der Waals surface area (Å²) in [7, 11) is 0. The number of ether oxygens (including phenoxy) is 1. The zero-order valence-electron chi connectivity index (χ0n) is 13.7. The first-order chi connectivity index (χ1) is 11.7. The normalized spacial score (nSPS) is 20.7. The molecule has 6 nitrogen and oxygen atoms in total. The van der Waals surface area contributed by atoms with E-state index in [2.05, 4.69) is 18.0 Å². The maximum absolute atomic E-state index is 12.9. The molecular weight excluding hydrogens is 306 g/mol. The molecule has 0 aliphatic carbocycles. The van der Waals surface area contributed by atoms with Gasteiger partial charge in [0.05, 0.1) is 30.5 Å². The van der Waals surface area contributed by atoms with Crippen molar-refractivity contribution in [2.45, 2.75) is 12.5 Å². The Labute approximate surface area is 142 Å². The van der Waals surface area contributed by atoms with E-state index in [0.29, 0.717) is 44.1 Å². The van der Waals surface area contributed by atoms with Crippen LogP contribution < -0.4 is 10.2 Å². The van der Waals surface area contributed by atoms with E-state index < -0.39 is 0 Å². The fourth-order valence-electron chi connectivity index (χ4n) is 3.18. The number of carbonyl (C=O) groups excluding carboxylic acids is 2. The minimum absolute atomic E-state index is 0.0162. The molecule has 1 unspecified atom stereocenters. The summed E-state index contributed by atoms with van der Waals surface area (Å²) in [5.41, 5.74) is 1.04. The monoisotopic (exact) mass is 328 g/mol. The van der Waals surface area contributed by atoms with Crippen LogP contribution in [0.15, 0.2) is 30.9 Å². The number of hydrogen-bond donors (Lipinski definition) is 1. The molecule has 1 N–H and O–H groups in total. The molecule has 1 aromatic rings. The maximum atomic E-state index is 12.9. The van der Waals surface area contributed by atoms with Crippen molar-refractivity contribution in [2.24, 2.45) is 0 Å². The predicted octanol–water partition coefficient (Wildman–Crippen LogP) is 0.840. The van der Waals surface area contributed by atoms with Gasteiger partial charge in [-0.25, -0.2) is 0 Å².